The Hall–Kier alpha value is -1.91. The number of nitrogens with zero attached hydrogens (tertiary/aromatic N) is 1. The molecular weight excluding hydrogens is 198 g/mol. The minimum atomic E-state index is -1.02. The highest BCUT2D eigenvalue weighted by Crippen LogP contribution is 2.14. The van der Waals surface area contributed by atoms with Crippen molar-refractivity contribution in [2.45, 2.75) is 19.8 Å². The van der Waals surface area contributed by atoms with E-state index in [1.54, 1.807) is 25.3 Å². The smallest absolute Gasteiger partial charge is 0.311 e. The van der Waals surface area contributed by atoms with Crippen LogP contribution in [-0.2, 0) is 9.59 Å². The first-order chi connectivity index (χ1) is 7.09. The maximum absolute atomic E-state index is 11.2. The van der Waals surface area contributed by atoms with Gasteiger partial charge in [0, 0.05) is 6.20 Å². The Morgan fingerprint density at radius 3 is 2.80 bits per heavy atom. The van der Waals surface area contributed by atoms with E-state index in [-0.39, 0.29) is 12.8 Å². The fraction of sp³-hybridized carbons (Fsp3) is 0.300. The number of esters is 1. The fourth-order valence-corrected chi connectivity index (χ4v) is 0.960. The zero-order valence-corrected chi connectivity index (χ0v) is 8.27. The molecule has 0 radical (unpaired) electrons. The zero-order valence-electron chi connectivity index (χ0n) is 8.27. The van der Waals surface area contributed by atoms with Gasteiger partial charge in [-0.2, -0.15) is 0 Å². The molecule has 0 spiro atoms. The van der Waals surface area contributed by atoms with Gasteiger partial charge in [-0.25, -0.2) is 0 Å². The summed E-state index contributed by atoms with van der Waals surface area (Å²) in [4.78, 5) is 25.3. The van der Waals surface area contributed by atoms with Crippen LogP contribution in [0.25, 0.3) is 0 Å². The van der Waals surface area contributed by atoms with E-state index < -0.39 is 11.9 Å². The number of hydrogen-bond acceptors (Lipinski definition) is 4. The predicted octanol–water partition coefficient (Wildman–Crippen LogP) is 1.16. The number of carbonyl (C=O) groups is 2. The summed E-state index contributed by atoms with van der Waals surface area (Å²) in [6, 6.07) is 3.26. The molecule has 5 nitrogen and oxygen atoms in total. The number of pyridine rings is 1. The predicted molar refractivity (Wildman–Crippen MR) is 51.5 cm³/mol. The van der Waals surface area contributed by atoms with Gasteiger partial charge in [-0.05, 0) is 19.1 Å². The molecule has 0 atom stereocenters. The largest absolute Gasteiger partial charge is 0.481 e. The Bertz CT molecular complexity index is 375. The lowest BCUT2D eigenvalue weighted by molar-refractivity contribution is -0.142. The van der Waals surface area contributed by atoms with E-state index >= 15 is 0 Å². The van der Waals surface area contributed by atoms with Gasteiger partial charge in [-0.15, -0.1) is 0 Å². The van der Waals surface area contributed by atoms with Crippen LogP contribution in [0.3, 0.4) is 0 Å². The first-order valence-corrected chi connectivity index (χ1v) is 4.43. The average Bonchev–Trinajstić information content (AvgIpc) is 2.18. The molecule has 0 unspecified atom stereocenters. The van der Waals surface area contributed by atoms with Crippen molar-refractivity contribution in [2.24, 2.45) is 0 Å². The maximum Gasteiger partial charge on any atom is 0.311 e. The SMILES string of the molecule is Cc1ncccc1OC(=O)CCC(=O)O. The van der Waals surface area contributed by atoms with Gasteiger partial charge in [0.2, 0.25) is 0 Å². The molecular formula is C10H11NO4. The molecule has 1 heterocycles. The molecule has 80 valence electrons. The summed E-state index contributed by atoms with van der Waals surface area (Å²) in [6.45, 7) is 1.71. The van der Waals surface area contributed by atoms with E-state index in [9.17, 15) is 9.59 Å². The van der Waals surface area contributed by atoms with Crippen molar-refractivity contribution in [3.63, 3.8) is 0 Å². The van der Waals surface area contributed by atoms with E-state index in [2.05, 4.69) is 4.98 Å². The van der Waals surface area contributed by atoms with E-state index in [4.69, 9.17) is 9.84 Å². The van der Waals surface area contributed by atoms with Crippen LogP contribution in [0.4, 0.5) is 0 Å². The normalized spacial score (nSPS) is 9.67. The number of ether oxygens (including phenoxy) is 1. The van der Waals surface area contributed by atoms with E-state index in [1.807, 2.05) is 0 Å². The van der Waals surface area contributed by atoms with Gasteiger partial charge in [0.25, 0.3) is 0 Å². The third-order valence-electron chi connectivity index (χ3n) is 1.73. The van der Waals surface area contributed by atoms with Crippen LogP contribution in [-0.4, -0.2) is 22.0 Å². The average molecular weight is 209 g/mol. The number of aliphatic carboxylic acids is 1. The molecule has 0 saturated heterocycles. The summed E-state index contributed by atoms with van der Waals surface area (Å²) < 4.78 is 4.93. The molecule has 1 N–H and O–H groups in total. The highest BCUT2D eigenvalue weighted by atomic mass is 16.5. The number of aromatic nitrogens is 1. The summed E-state index contributed by atoms with van der Waals surface area (Å²) >= 11 is 0. The molecule has 1 aromatic heterocycles. The van der Waals surface area contributed by atoms with Crippen molar-refractivity contribution in [2.75, 3.05) is 0 Å². The second kappa shape index (κ2) is 5.09. The summed E-state index contributed by atoms with van der Waals surface area (Å²) in [5.41, 5.74) is 0.598. The first kappa shape index (κ1) is 11.2. The molecule has 0 aliphatic heterocycles. The number of aryl methyl sites for hydroxylation is 1. The van der Waals surface area contributed by atoms with Crippen LogP contribution in [0.1, 0.15) is 18.5 Å². The Labute approximate surface area is 86.7 Å². The molecule has 0 fully saturated rings. The lowest BCUT2D eigenvalue weighted by Crippen LogP contribution is -2.11. The van der Waals surface area contributed by atoms with Crippen molar-refractivity contribution in [1.82, 2.24) is 4.98 Å². The molecule has 5 heteroatoms. The van der Waals surface area contributed by atoms with Crippen molar-refractivity contribution < 1.29 is 19.4 Å². The van der Waals surface area contributed by atoms with Crippen LogP contribution < -0.4 is 4.74 Å². The van der Waals surface area contributed by atoms with Crippen LogP contribution in [0.5, 0.6) is 5.75 Å². The van der Waals surface area contributed by atoms with Crippen molar-refractivity contribution in [3.8, 4) is 5.75 Å². The van der Waals surface area contributed by atoms with Crippen LogP contribution in [0.15, 0.2) is 18.3 Å². The molecule has 0 amide bonds. The molecule has 0 aromatic carbocycles. The second-order valence-corrected chi connectivity index (χ2v) is 2.95. The van der Waals surface area contributed by atoms with E-state index in [1.165, 1.54) is 0 Å². The highest BCUT2D eigenvalue weighted by molar-refractivity contribution is 5.78. The van der Waals surface area contributed by atoms with Gasteiger partial charge >= 0.3 is 11.9 Å². The fourth-order valence-electron chi connectivity index (χ4n) is 0.960. The first-order valence-electron chi connectivity index (χ1n) is 4.43. The Morgan fingerprint density at radius 1 is 1.47 bits per heavy atom. The Kier molecular flexibility index (Phi) is 3.79. The number of hydrogen-bond donors (Lipinski definition) is 1. The molecule has 1 rings (SSSR count). The van der Waals surface area contributed by atoms with Crippen molar-refractivity contribution in [1.29, 1.82) is 0 Å². The van der Waals surface area contributed by atoms with Crippen LogP contribution in [0.2, 0.25) is 0 Å². The molecule has 0 aliphatic carbocycles. The van der Waals surface area contributed by atoms with Gasteiger partial charge in [-0.1, -0.05) is 0 Å². The van der Waals surface area contributed by atoms with Crippen LogP contribution >= 0.6 is 0 Å². The quantitative estimate of drug-likeness (QED) is 0.753. The summed E-state index contributed by atoms with van der Waals surface area (Å²) in [7, 11) is 0. The van der Waals surface area contributed by atoms with Crippen molar-refractivity contribution in [3.05, 3.63) is 24.0 Å². The van der Waals surface area contributed by atoms with Gasteiger partial charge in [0.1, 0.15) is 0 Å². The molecule has 0 aliphatic rings. The van der Waals surface area contributed by atoms with Gasteiger partial charge in [0.15, 0.2) is 5.75 Å². The zero-order chi connectivity index (χ0) is 11.3. The third-order valence-corrected chi connectivity index (χ3v) is 1.73. The number of carboxylic acid groups (broad SMARTS) is 1. The van der Waals surface area contributed by atoms with E-state index in [0.29, 0.717) is 11.4 Å². The van der Waals surface area contributed by atoms with E-state index in [0.717, 1.165) is 0 Å². The second-order valence-electron chi connectivity index (χ2n) is 2.95. The number of carboxylic acids is 1. The van der Waals surface area contributed by atoms with Gasteiger partial charge < -0.3 is 9.84 Å². The molecule has 0 bridgehead atoms. The maximum atomic E-state index is 11.2. The lowest BCUT2D eigenvalue weighted by atomic mass is 10.3. The number of carbonyl (C=O) groups excluding carboxylic acids is 1. The molecule has 0 saturated carbocycles. The standard InChI is InChI=1S/C10H11NO4/c1-7-8(3-2-6-11-7)15-10(14)5-4-9(12)13/h2-3,6H,4-5H2,1H3,(H,12,13). The Balaban J connectivity index is 2.52. The van der Waals surface area contributed by atoms with Gasteiger partial charge in [-0.3, -0.25) is 14.6 Å². The summed E-state index contributed by atoms with van der Waals surface area (Å²) in [5.74, 6) is -1.21. The summed E-state index contributed by atoms with van der Waals surface area (Å²) in [5, 5.41) is 8.36. The monoisotopic (exact) mass is 209 g/mol. The molecule has 15 heavy (non-hydrogen) atoms. The minimum absolute atomic E-state index is 0.135. The third kappa shape index (κ3) is 3.76. The topological polar surface area (TPSA) is 76.5 Å². The summed E-state index contributed by atoms with van der Waals surface area (Å²) in [6.07, 6.45) is 1.23. The van der Waals surface area contributed by atoms with Gasteiger partial charge in [0.05, 0.1) is 18.5 Å². The van der Waals surface area contributed by atoms with Crippen molar-refractivity contribution >= 4 is 11.9 Å². The number of rotatable bonds is 4. The molecule has 1 aromatic rings. The Morgan fingerprint density at radius 2 is 2.20 bits per heavy atom. The minimum Gasteiger partial charge on any atom is -0.481 e. The van der Waals surface area contributed by atoms with Crippen LogP contribution in [0, 0.1) is 6.92 Å². The highest BCUT2D eigenvalue weighted by Gasteiger charge is 2.09. The lowest BCUT2D eigenvalue weighted by Gasteiger charge is -2.04.